The van der Waals surface area contributed by atoms with Crippen LogP contribution in [0.3, 0.4) is 0 Å². The average molecular weight is 401 g/mol. The van der Waals surface area contributed by atoms with Crippen molar-refractivity contribution in [3.05, 3.63) is 58.3 Å². The summed E-state index contributed by atoms with van der Waals surface area (Å²) < 4.78 is 0. The largest absolute Gasteiger partial charge is 0.358 e. The van der Waals surface area contributed by atoms with Gasteiger partial charge in [-0.1, -0.05) is 6.07 Å². The van der Waals surface area contributed by atoms with Crippen LogP contribution in [0.25, 0.3) is 10.9 Å². The third-order valence-corrected chi connectivity index (χ3v) is 7.57. The number of carbonyl (C=O) groups is 1. The molecule has 3 aromatic rings. The Hall–Kier alpha value is -2.69. The molecule has 1 fully saturated rings. The van der Waals surface area contributed by atoms with Crippen molar-refractivity contribution in [2.24, 2.45) is 0 Å². The fourth-order valence-electron chi connectivity index (χ4n) is 6.06. The van der Waals surface area contributed by atoms with Crippen LogP contribution in [0.5, 0.6) is 0 Å². The summed E-state index contributed by atoms with van der Waals surface area (Å²) in [5, 5.41) is 1.30. The number of hydrogen-bond acceptors (Lipinski definition) is 3. The number of piperidine rings is 1. The summed E-state index contributed by atoms with van der Waals surface area (Å²) in [6.07, 6.45) is 11.0. The molecule has 2 aliphatic carbocycles. The Morgan fingerprint density at radius 1 is 1.13 bits per heavy atom. The highest BCUT2D eigenvalue weighted by Gasteiger charge is 2.44. The van der Waals surface area contributed by atoms with Crippen molar-refractivity contribution in [3.63, 3.8) is 0 Å². The lowest BCUT2D eigenvalue weighted by atomic mass is 9.77. The number of nitrogens with one attached hydrogen (secondary N) is 1. The third-order valence-electron chi connectivity index (χ3n) is 7.57. The zero-order valence-corrected chi connectivity index (χ0v) is 17.6. The van der Waals surface area contributed by atoms with Gasteiger partial charge in [0.15, 0.2) is 0 Å². The van der Waals surface area contributed by atoms with Crippen LogP contribution in [0.4, 0.5) is 0 Å². The lowest BCUT2D eigenvalue weighted by Gasteiger charge is -2.40. The monoisotopic (exact) mass is 400 g/mol. The van der Waals surface area contributed by atoms with E-state index in [0.717, 1.165) is 68.5 Å². The summed E-state index contributed by atoms with van der Waals surface area (Å²) in [6, 6.07) is 6.26. The second-order valence-corrected chi connectivity index (χ2v) is 9.45. The molecule has 154 valence electrons. The molecule has 1 N–H and O–H groups in total. The number of amides is 1. The van der Waals surface area contributed by atoms with Gasteiger partial charge in [0.1, 0.15) is 5.82 Å². The number of carbonyl (C=O) groups excluding carboxylic acids is 1. The van der Waals surface area contributed by atoms with E-state index in [2.05, 4.69) is 27.0 Å². The van der Waals surface area contributed by atoms with E-state index in [0.29, 0.717) is 0 Å². The maximum Gasteiger partial charge on any atom is 0.253 e. The minimum absolute atomic E-state index is 0.00652. The highest BCUT2D eigenvalue weighted by atomic mass is 16.2. The number of hydrogen-bond donors (Lipinski definition) is 1. The van der Waals surface area contributed by atoms with E-state index >= 15 is 0 Å². The number of fused-ring (bicyclic) bond motifs is 5. The Labute approximate surface area is 176 Å². The molecule has 1 amide bonds. The van der Waals surface area contributed by atoms with Crippen molar-refractivity contribution in [1.29, 1.82) is 0 Å². The SMILES string of the molecule is Cc1ncc2c(n1)C1(CCCN(C(=O)c3ccc4c5c([nH]c4c3)CCCC5)C1)CC2. The molecule has 1 aliphatic heterocycles. The lowest BCUT2D eigenvalue weighted by molar-refractivity contribution is 0.0633. The van der Waals surface area contributed by atoms with Crippen molar-refractivity contribution in [3.8, 4) is 0 Å². The van der Waals surface area contributed by atoms with Crippen molar-refractivity contribution >= 4 is 16.8 Å². The van der Waals surface area contributed by atoms with Gasteiger partial charge in [0, 0.05) is 46.9 Å². The van der Waals surface area contributed by atoms with Crippen LogP contribution in [0.2, 0.25) is 0 Å². The maximum absolute atomic E-state index is 13.5. The van der Waals surface area contributed by atoms with Gasteiger partial charge in [0.2, 0.25) is 0 Å². The van der Waals surface area contributed by atoms with Crippen molar-refractivity contribution in [2.45, 2.75) is 63.7 Å². The maximum atomic E-state index is 13.5. The summed E-state index contributed by atoms with van der Waals surface area (Å²) >= 11 is 0. The van der Waals surface area contributed by atoms with Crippen LogP contribution in [-0.2, 0) is 24.7 Å². The van der Waals surface area contributed by atoms with E-state index in [-0.39, 0.29) is 11.3 Å². The Morgan fingerprint density at radius 2 is 2.03 bits per heavy atom. The zero-order valence-electron chi connectivity index (χ0n) is 17.6. The normalized spacial score (nSPS) is 23.0. The standard InChI is InChI=1S/C25H28N4O/c1-16-26-14-18-9-11-25(23(18)27-16)10-4-12-29(15-25)24(30)17-7-8-20-19-5-2-3-6-21(19)28-22(20)13-17/h7-8,13-14,28H,2-6,9-12,15H2,1H3. The predicted molar refractivity (Wildman–Crippen MR) is 117 cm³/mol. The number of aromatic nitrogens is 3. The van der Waals surface area contributed by atoms with Gasteiger partial charge < -0.3 is 9.88 Å². The summed E-state index contributed by atoms with van der Waals surface area (Å²) in [5.74, 6) is 0.988. The van der Waals surface area contributed by atoms with E-state index in [1.54, 1.807) is 0 Å². The van der Waals surface area contributed by atoms with Gasteiger partial charge in [-0.15, -0.1) is 0 Å². The van der Waals surface area contributed by atoms with Crippen LogP contribution in [-0.4, -0.2) is 38.8 Å². The minimum atomic E-state index is 0.00652. The molecule has 30 heavy (non-hydrogen) atoms. The van der Waals surface area contributed by atoms with Crippen LogP contribution < -0.4 is 0 Å². The molecule has 1 atom stereocenters. The molecule has 0 saturated carbocycles. The zero-order chi connectivity index (χ0) is 20.3. The molecule has 2 aromatic heterocycles. The van der Waals surface area contributed by atoms with E-state index < -0.39 is 0 Å². The molecule has 6 rings (SSSR count). The Kier molecular flexibility index (Phi) is 4.02. The molecule has 3 heterocycles. The second kappa shape index (κ2) is 6.66. The van der Waals surface area contributed by atoms with Crippen LogP contribution in [0.1, 0.15) is 70.8 Å². The van der Waals surface area contributed by atoms with E-state index in [4.69, 9.17) is 4.98 Å². The smallest absolute Gasteiger partial charge is 0.253 e. The Bertz CT molecular complexity index is 1160. The number of rotatable bonds is 1. The second-order valence-electron chi connectivity index (χ2n) is 9.45. The number of aryl methyl sites for hydroxylation is 4. The van der Waals surface area contributed by atoms with Crippen LogP contribution in [0, 0.1) is 6.92 Å². The van der Waals surface area contributed by atoms with Gasteiger partial charge >= 0.3 is 0 Å². The van der Waals surface area contributed by atoms with E-state index in [9.17, 15) is 4.79 Å². The van der Waals surface area contributed by atoms with Crippen LogP contribution >= 0.6 is 0 Å². The number of H-pyrrole nitrogens is 1. The van der Waals surface area contributed by atoms with Gasteiger partial charge in [-0.25, -0.2) is 9.97 Å². The van der Waals surface area contributed by atoms with E-state index in [1.807, 2.05) is 19.2 Å². The van der Waals surface area contributed by atoms with E-state index in [1.165, 1.54) is 40.7 Å². The fourth-order valence-corrected chi connectivity index (χ4v) is 6.06. The van der Waals surface area contributed by atoms with Gasteiger partial charge in [-0.2, -0.15) is 0 Å². The van der Waals surface area contributed by atoms with Gasteiger partial charge in [0.25, 0.3) is 5.91 Å². The molecule has 1 aromatic carbocycles. The first-order valence-corrected chi connectivity index (χ1v) is 11.4. The average Bonchev–Trinajstić information content (AvgIpc) is 3.31. The first-order chi connectivity index (χ1) is 14.6. The number of nitrogens with zero attached hydrogens (tertiary/aromatic N) is 3. The first kappa shape index (κ1) is 18.1. The molecule has 5 nitrogen and oxygen atoms in total. The molecule has 1 unspecified atom stereocenters. The Morgan fingerprint density at radius 3 is 2.97 bits per heavy atom. The lowest BCUT2D eigenvalue weighted by Crippen LogP contribution is -2.48. The predicted octanol–water partition coefficient (Wildman–Crippen LogP) is 4.27. The topological polar surface area (TPSA) is 61.9 Å². The van der Waals surface area contributed by atoms with Gasteiger partial charge in [0.05, 0.1) is 5.69 Å². The Balaban J connectivity index is 1.31. The summed E-state index contributed by atoms with van der Waals surface area (Å²) in [5.41, 5.74) is 7.23. The highest BCUT2D eigenvalue weighted by molar-refractivity contribution is 5.99. The van der Waals surface area contributed by atoms with Crippen LogP contribution in [0.15, 0.2) is 24.4 Å². The summed E-state index contributed by atoms with van der Waals surface area (Å²) in [4.78, 5) is 28.4. The van der Waals surface area contributed by atoms with Gasteiger partial charge in [-0.05, 0) is 81.5 Å². The highest BCUT2D eigenvalue weighted by Crippen LogP contribution is 2.44. The number of aromatic amines is 1. The molecule has 0 bridgehead atoms. The number of benzene rings is 1. The molecule has 0 radical (unpaired) electrons. The molecule has 3 aliphatic rings. The molecule has 5 heteroatoms. The number of likely N-dealkylation sites (tertiary alicyclic amines) is 1. The molecular formula is C25H28N4O. The molecule has 1 spiro atoms. The molecular weight excluding hydrogens is 372 g/mol. The summed E-state index contributed by atoms with van der Waals surface area (Å²) in [7, 11) is 0. The quantitative estimate of drug-likeness (QED) is 0.664. The summed E-state index contributed by atoms with van der Waals surface area (Å²) in [6.45, 7) is 3.57. The minimum Gasteiger partial charge on any atom is -0.358 e. The van der Waals surface area contributed by atoms with Gasteiger partial charge in [-0.3, -0.25) is 4.79 Å². The fraction of sp³-hybridized carbons (Fsp3) is 0.480. The molecule has 1 saturated heterocycles. The van der Waals surface area contributed by atoms with Crippen molar-refractivity contribution < 1.29 is 4.79 Å². The third kappa shape index (κ3) is 2.71. The van der Waals surface area contributed by atoms with Crippen molar-refractivity contribution in [1.82, 2.24) is 19.9 Å². The first-order valence-electron chi connectivity index (χ1n) is 11.4. The van der Waals surface area contributed by atoms with Crippen molar-refractivity contribution in [2.75, 3.05) is 13.1 Å².